The first-order chi connectivity index (χ1) is 11.7. The van der Waals surface area contributed by atoms with E-state index in [9.17, 15) is 4.79 Å². The highest BCUT2D eigenvalue weighted by molar-refractivity contribution is 7.13. The fourth-order valence-corrected chi connectivity index (χ4v) is 3.43. The minimum absolute atomic E-state index is 0.0911. The van der Waals surface area contributed by atoms with Crippen LogP contribution in [0.1, 0.15) is 22.5 Å². The SMILES string of the molecule is Cc1ccc(-c2nc(C(=O)NCCCN3CCOCC3)cs2)cc1. The summed E-state index contributed by atoms with van der Waals surface area (Å²) in [4.78, 5) is 19.0. The van der Waals surface area contributed by atoms with Crippen molar-refractivity contribution >= 4 is 17.2 Å². The first-order valence-corrected chi connectivity index (χ1v) is 9.21. The van der Waals surface area contributed by atoms with Gasteiger partial charge < -0.3 is 10.1 Å². The van der Waals surface area contributed by atoms with Crippen molar-refractivity contribution in [1.82, 2.24) is 15.2 Å². The van der Waals surface area contributed by atoms with Gasteiger partial charge in [0.05, 0.1) is 13.2 Å². The molecule has 1 N–H and O–H groups in total. The Kier molecular flexibility index (Phi) is 5.96. The molecular weight excluding hydrogens is 322 g/mol. The molecular formula is C18H23N3O2S. The number of morpholine rings is 1. The van der Waals surface area contributed by atoms with E-state index in [-0.39, 0.29) is 5.91 Å². The number of amides is 1. The molecule has 0 radical (unpaired) electrons. The summed E-state index contributed by atoms with van der Waals surface area (Å²) < 4.78 is 5.33. The number of nitrogens with one attached hydrogen (secondary N) is 1. The van der Waals surface area contributed by atoms with Crippen LogP contribution in [-0.2, 0) is 4.74 Å². The fourth-order valence-electron chi connectivity index (χ4n) is 2.63. The van der Waals surface area contributed by atoms with Gasteiger partial charge in [-0.05, 0) is 19.9 Å². The van der Waals surface area contributed by atoms with Crippen LogP contribution >= 0.6 is 11.3 Å². The molecule has 2 heterocycles. The highest BCUT2D eigenvalue weighted by Crippen LogP contribution is 2.23. The molecule has 0 aliphatic carbocycles. The van der Waals surface area contributed by atoms with Gasteiger partial charge in [-0.15, -0.1) is 11.3 Å². The van der Waals surface area contributed by atoms with Crippen LogP contribution in [0.2, 0.25) is 0 Å². The lowest BCUT2D eigenvalue weighted by Crippen LogP contribution is -2.38. The van der Waals surface area contributed by atoms with Gasteiger partial charge in [0.25, 0.3) is 5.91 Å². The molecule has 3 rings (SSSR count). The molecule has 1 fully saturated rings. The summed E-state index contributed by atoms with van der Waals surface area (Å²) in [5.41, 5.74) is 2.77. The van der Waals surface area contributed by atoms with E-state index in [1.54, 1.807) is 0 Å². The first-order valence-electron chi connectivity index (χ1n) is 8.33. The summed E-state index contributed by atoms with van der Waals surface area (Å²) in [6.07, 6.45) is 0.945. The number of aryl methyl sites for hydroxylation is 1. The Balaban J connectivity index is 1.46. The number of aromatic nitrogens is 1. The first kappa shape index (κ1) is 17.1. The molecule has 0 unspecified atom stereocenters. The summed E-state index contributed by atoms with van der Waals surface area (Å²) in [6.45, 7) is 7.32. The van der Waals surface area contributed by atoms with E-state index in [1.807, 2.05) is 17.5 Å². The Bertz CT molecular complexity index is 663. The quantitative estimate of drug-likeness (QED) is 0.818. The van der Waals surface area contributed by atoms with Crippen molar-refractivity contribution in [2.24, 2.45) is 0 Å². The summed E-state index contributed by atoms with van der Waals surface area (Å²) in [7, 11) is 0. The molecule has 0 saturated carbocycles. The van der Waals surface area contributed by atoms with Crippen molar-refractivity contribution in [3.8, 4) is 10.6 Å². The van der Waals surface area contributed by atoms with Crippen molar-refractivity contribution in [2.45, 2.75) is 13.3 Å². The van der Waals surface area contributed by atoms with Gasteiger partial charge in [0, 0.05) is 30.6 Å². The van der Waals surface area contributed by atoms with Gasteiger partial charge in [-0.2, -0.15) is 0 Å². The molecule has 0 atom stereocenters. The lowest BCUT2D eigenvalue weighted by Gasteiger charge is -2.26. The van der Waals surface area contributed by atoms with Gasteiger partial charge in [-0.25, -0.2) is 4.98 Å². The zero-order valence-corrected chi connectivity index (χ0v) is 14.8. The van der Waals surface area contributed by atoms with Gasteiger partial charge in [-0.1, -0.05) is 29.8 Å². The van der Waals surface area contributed by atoms with Crippen molar-refractivity contribution in [3.63, 3.8) is 0 Å². The Labute approximate surface area is 146 Å². The molecule has 0 spiro atoms. The van der Waals surface area contributed by atoms with Crippen molar-refractivity contribution < 1.29 is 9.53 Å². The highest BCUT2D eigenvalue weighted by atomic mass is 32.1. The molecule has 24 heavy (non-hydrogen) atoms. The van der Waals surface area contributed by atoms with E-state index in [0.717, 1.165) is 49.8 Å². The van der Waals surface area contributed by atoms with Crippen molar-refractivity contribution in [2.75, 3.05) is 39.4 Å². The molecule has 2 aromatic rings. The number of ether oxygens (including phenoxy) is 1. The molecule has 1 amide bonds. The number of carbonyl (C=O) groups is 1. The number of carbonyl (C=O) groups excluding carboxylic acids is 1. The maximum atomic E-state index is 12.2. The lowest BCUT2D eigenvalue weighted by molar-refractivity contribution is 0.0374. The number of benzene rings is 1. The van der Waals surface area contributed by atoms with Crippen molar-refractivity contribution in [1.29, 1.82) is 0 Å². The second-order valence-electron chi connectivity index (χ2n) is 5.97. The van der Waals surface area contributed by atoms with Gasteiger partial charge >= 0.3 is 0 Å². The van der Waals surface area contributed by atoms with Crippen LogP contribution in [-0.4, -0.2) is 55.2 Å². The predicted octanol–water partition coefficient (Wildman–Crippen LogP) is 2.57. The average Bonchev–Trinajstić information content (AvgIpc) is 3.10. The fraction of sp³-hybridized carbons (Fsp3) is 0.444. The van der Waals surface area contributed by atoms with E-state index in [1.165, 1.54) is 16.9 Å². The zero-order chi connectivity index (χ0) is 16.8. The summed E-state index contributed by atoms with van der Waals surface area (Å²) in [5.74, 6) is -0.0911. The Morgan fingerprint density at radius 3 is 2.79 bits per heavy atom. The lowest BCUT2D eigenvalue weighted by atomic mass is 10.2. The van der Waals surface area contributed by atoms with Gasteiger partial charge in [0.2, 0.25) is 0 Å². The van der Waals surface area contributed by atoms with E-state index in [0.29, 0.717) is 12.2 Å². The third-order valence-electron chi connectivity index (χ3n) is 4.08. The predicted molar refractivity (Wildman–Crippen MR) is 96.5 cm³/mol. The van der Waals surface area contributed by atoms with E-state index >= 15 is 0 Å². The second kappa shape index (κ2) is 8.37. The number of nitrogens with zero attached hydrogens (tertiary/aromatic N) is 2. The topological polar surface area (TPSA) is 54.5 Å². The van der Waals surface area contributed by atoms with Crippen LogP contribution in [0, 0.1) is 6.92 Å². The van der Waals surface area contributed by atoms with Gasteiger partial charge in [-0.3, -0.25) is 9.69 Å². The van der Waals surface area contributed by atoms with Crippen LogP contribution in [0.25, 0.3) is 10.6 Å². The van der Waals surface area contributed by atoms with Crippen molar-refractivity contribution in [3.05, 3.63) is 40.9 Å². The summed E-state index contributed by atoms with van der Waals surface area (Å²) in [6, 6.07) is 8.20. The monoisotopic (exact) mass is 345 g/mol. The van der Waals surface area contributed by atoms with Crippen LogP contribution in [0.5, 0.6) is 0 Å². The minimum Gasteiger partial charge on any atom is -0.379 e. The van der Waals surface area contributed by atoms with E-state index < -0.39 is 0 Å². The van der Waals surface area contributed by atoms with E-state index in [2.05, 4.69) is 34.3 Å². The molecule has 1 aliphatic rings. The Morgan fingerprint density at radius 2 is 2.04 bits per heavy atom. The third-order valence-corrected chi connectivity index (χ3v) is 4.97. The molecule has 128 valence electrons. The van der Waals surface area contributed by atoms with Crippen LogP contribution in [0.4, 0.5) is 0 Å². The third kappa shape index (κ3) is 4.63. The average molecular weight is 345 g/mol. The zero-order valence-electron chi connectivity index (χ0n) is 14.0. The maximum Gasteiger partial charge on any atom is 0.270 e. The Hall–Kier alpha value is -1.76. The minimum atomic E-state index is -0.0911. The summed E-state index contributed by atoms with van der Waals surface area (Å²) >= 11 is 1.50. The Morgan fingerprint density at radius 1 is 1.29 bits per heavy atom. The van der Waals surface area contributed by atoms with Crippen LogP contribution in [0.15, 0.2) is 29.6 Å². The highest BCUT2D eigenvalue weighted by Gasteiger charge is 2.12. The molecule has 6 heteroatoms. The largest absolute Gasteiger partial charge is 0.379 e. The number of hydrogen-bond acceptors (Lipinski definition) is 5. The van der Waals surface area contributed by atoms with Crippen LogP contribution in [0.3, 0.4) is 0 Å². The molecule has 0 bridgehead atoms. The number of rotatable bonds is 6. The molecule has 1 aromatic carbocycles. The molecule has 1 saturated heterocycles. The number of thiazole rings is 1. The summed E-state index contributed by atoms with van der Waals surface area (Å²) in [5, 5.41) is 5.67. The van der Waals surface area contributed by atoms with Gasteiger partial charge in [0.15, 0.2) is 0 Å². The molecule has 1 aromatic heterocycles. The molecule has 1 aliphatic heterocycles. The smallest absolute Gasteiger partial charge is 0.270 e. The second-order valence-corrected chi connectivity index (χ2v) is 6.83. The van der Waals surface area contributed by atoms with E-state index in [4.69, 9.17) is 4.74 Å². The maximum absolute atomic E-state index is 12.2. The van der Waals surface area contributed by atoms with Crippen LogP contribution < -0.4 is 5.32 Å². The standard InChI is InChI=1S/C18H23N3O2S/c1-14-3-5-15(6-4-14)18-20-16(13-24-18)17(22)19-7-2-8-21-9-11-23-12-10-21/h3-6,13H,2,7-12H2,1H3,(H,19,22). The molecule has 5 nitrogen and oxygen atoms in total. The normalized spacial score (nSPS) is 15.4. The number of hydrogen-bond donors (Lipinski definition) is 1. The van der Waals surface area contributed by atoms with Gasteiger partial charge in [0.1, 0.15) is 10.7 Å².